The highest BCUT2D eigenvalue weighted by Gasteiger charge is 2.17. The second kappa shape index (κ2) is 6.08. The summed E-state index contributed by atoms with van der Waals surface area (Å²) >= 11 is 0. The van der Waals surface area contributed by atoms with Crippen molar-refractivity contribution in [1.29, 1.82) is 0 Å². The van der Waals surface area contributed by atoms with E-state index in [0.29, 0.717) is 17.5 Å². The number of nitro benzene ring substituents is 1. The molecule has 1 amide bonds. The molecule has 0 radical (unpaired) electrons. The molecular formula is C13H16N2O4. The van der Waals surface area contributed by atoms with Gasteiger partial charge in [-0.05, 0) is 25.5 Å². The Hall–Kier alpha value is -2.24. The molecule has 0 bridgehead atoms. The van der Waals surface area contributed by atoms with E-state index in [0.717, 1.165) is 0 Å². The SMILES string of the molecule is CCC(=O)C(C)NC(=O)c1ccc([N+](=O)[O-])cc1C. The van der Waals surface area contributed by atoms with Crippen molar-refractivity contribution in [2.24, 2.45) is 0 Å². The van der Waals surface area contributed by atoms with Crippen LogP contribution < -0.4 is 5.32 Å². The Morgan fingerprint density at radius 2 is 2.05 bits per heavy atom. The first-order valence-corrected chi connectivity index (χ1v) is 5.95. The lowest BCUT2D eigenvalue weighted by molar-refractivity contribution is -0.384. The lowest BCUT2D eigenvalue weighted by Gasteiger charge is -2.13. The number of hydrogen-bond donors (Lipinski definition) is 1. The van der Waals surface area contributed by atoms with Gasteiger partial charge in [-0.1, -0.05) is 6.92 Å². The maximum absolute atomic E-state index is 11.9. The number of benzene rings is 1. The number of amides is 1. The predicted molar refractivity (Wildman–Crippen MR) is 70.1 cm³/mol. The zero-order valence-corrected chi connectivity index (χ0v) is 11.1. The van der Waals surface area contributed by atoms with E-state index in [-0.39, 0.29) is 11.5 Å². The molecule has 0 heterocycles. The number of hydrogen-bond acceptors (Lipinski definition) is 4. The third-order valence-corrected chi connectivity index (χ3v) is 2.84. The van der Waals surface area contributed by atoms with Gasteiger partial charge < -0.3 is 5.32 Å². The molecule has 1 rings (SSSR count). The minimum Gasteiger partial charge on any atom is -0.343 e. The highest BCUT2D eigenvalue weighted by Crippen LogP contribution is 2.17. The average Bonchev–Trinajstić information content (AvgIpc) is 2.37. The molecule has 1 aromatic rings. The minimum absolute atomic E-state index is 0.0621. The Balaban J connectivity index is 2.89. The highest BCUT2D eigenvalue weighted by molar-refractivity contribution is 5.99. The number of carbonyl (C=O) groups is 2. The van der Waals surface area contributed by atoms with Gasteiger partial charge in [0.1, 0.15) is 0 Å². The lowest BCUT2D eigenvalue weighted by Crippen LogP contribution is -2.38. The van der Waals surface area contributed by atoms with Crippen LogP contribution >= 0.6 is 0 Å². The summed E-state index contributed by atoms with van der Waals surface area (Å²) in [4.78, 5) is 33.4. The van der Waals surface area contributed by atoms with Gasteiger partial charge in [-0.15, -0.1) is 0 Å². The molecule has 0 aliphatic carbocycles. The molecule has 0 saturated heterocycles. The molecule has 1 unspecified atom stereocenters. The molecule has 0 aliphatic heterocycles. The Labute approximate surface area is 111 Å². The molecule has 6 heteroatoms. The van der Waals surface area contributed by atoms with Gasteiger partial charge in [-0.2, -0.15) is 0 Å². The summed E-state index contributed by atoms with van der Waals surface area (Å²) in [6, 6.07) is 3.44. The first-order chi connectivity index (χ1) is 8.86. The Bertz CT molecular complexity index is 525. The topological polar surface area (TPSA) is 89.3 Å². The van der Waals surface area contributed by atoms with Gasteiger partial charge in [0.05, 0.1) is 11.0 Å². The zero-order chi connectivity index (χ0) is 14.6. The van der Waals surface area contributed by atoms with Crippen molar-refractivity contribution in [2.45, 2.75) is 33.2 Å². The van der Waals surface area contributed by atoms with Crippen LogP contribution in [0.15, 0.2) is 18.2 Å². The van der Waals surface area contributed by atoms with Gasteiger partial charge in [0, 0.05) is 24.1 Å². The smallest absolute Gasteiger partial charge is 0.269 e. The molecule has 0 aromatic heterocycles. The molecule has 6 nitrogen and oxygen atoms in total. The lowest BCUT2D eigenvalue weighted by atomic mass is 10.1. The van der Waals surface area contributed by atoms with E-state index in [1.165, 1.54) is 18.2 Å². The monoisotopic (exact) mass is 264 g/mol. The number of ketones is 1. The van der Waals surface area contributed by atoms with Crippen LogP contribution in [0.2, 0.25) is 0 Å². The Kier molecular flexibility index (Phi) is 4.74. The molecule has 1 aromatic carbocycles. The van der Waals surface area contributed by atoms with Crippen LogP contribution in [-0.4, -0.2) is 22.7 Å². The summed E-state index contributed by atoms with van der Waals surface area (Å²) in [7, 11) is 0. The number of non-ortho nitro benzene ring substituents is 1. The van der Waals surface area contributed by atoms with Crippen LogP contribution in [0.3, 0.4) is 0 Å². The van der Waals surface area contributed by atoms with Crippen LogP contribution in [-0.2, 0) is 4.79 Å². The number of Topliss-reactive ketones (excluding diaryl/α,β-unsaturated/α-hetero) is 1. The summed E-state index contributed by atoms with van der Waals surface area (Å²) in [5.74, 6) is -0.463. The van der Waals surface area contributed by atoms with Gasteiger partial charge in [-0.25, -0.2) is 0 Å². The second-order valence-electron chi connectivity index (χ2n) is 4.27. The van der Waals surface area contributed by atoms with Crippen molar-refractivity contribution in [3.05, 3.63) is 39.4 Å². The molecule has 19 heavy (non-hydrogen) atoms. The van der Waals surface area contributed by atoms with Crippen LogP contribution in [0.1, 0.15) is 36.2 Å². The first-order valence-electron chi connectivity index (χ1n) is 5.95. The van der Waals surface area contributed by atoms with E-state index < -0.39 is 16.9 Å². The standard InChI is InChI=1S/C13H16N2O4/c1-4-12(16)9(3)14-13(17)11-6-5-10(15(18)19)7-8(11)2/h5-7,9H,4H2,1-3H3,(H,14,17). The third kappa shape index (κ3) is 3.61. The van der Waals surface area contributed by atoms with E-state index in [9.17, 15) is 19.7 Å². The summed E-state index contributed by atoms with van der Waals surface area (Å²) in [5, 5.41) is 13.2. The quantitative estimate of drug-likeness (QED) is 0.650. The summed E-state index contributed by atoms with van der Waals surface area (Å²) in [6.07, 6.45) is 0.348. The Morgan fingerprint density at radius 3 is 2.53 bits per heavy atom. The van der Waals surface area contributed by atoms with E-state index >= 15 is 0 Å². The van der Waals surface area contributed by atoms with Crippen molar-refractivity contribution in [3.8, 4) is 0 Å². The molecule has 102 valence electrons. The Morgan fingerprint density at radius 1 is 1.42 bits per heavy atom. The summed E-state index contributed by atoms with van der Waals surface area (Å²) in [5.41, 5.74) is 0.774. The fourth-order valence-electron chi connectivity index (χ4n) is 1.68. The van der Waals surface area contributed by atoms with Gasteiger partial charge in [0.25, 0.3) is 11.6 Å². The molecule has 0 fully saturated rings. The maximum Gasteiger partial charge on any atom is 0.269 e. The van der Waals surface area contributed by atoms with E-state index in [4.69, 9.17) is 0 Å². The fraction of sp³-hybridized carbons (Fsp3) is 0.385. The fourth-order valence-corrected chi connectivity index (χ4v) is 1.68. The van der Waals surface area contributed by atoms with E-state index in [1.54, 1.807) is 20.8 Å². The number of nitrogens with zero attached hydrogens (tertiary/aromatic N) is 1. The molecule has 0 spiro atoms. The van der Waals surface area contributed by atoms with Crippen molar-refractivity contribution < 1.29 is 14.5 Å². The minimum atomic E-state index is -0.563. The van der Waals surface area contributed by atoms with Crippen molar-refractivity contribution in [2.75, 3.05) is 0 Å². The number of nitrogens with one attached hydrogen (secondary N) is 1. The number of nitro groups is 1. The van der Waals surface area contributed by atoms with Crippen LogP contribution in [0.5, 0.6) is 0 Å². The molecular weight excluding hydrogens is 248 g/mol. The van der Waals surface area contributed by atoms with Gasteiger partial charge >= 0.3 is 0 Å². The average molecular weight is 264 g/mol. The van der Waals surface area contributed by atoms with Gasteiger partial charge in [-0.3, -0.25) is 19.7 Å². The van der Waals surface area contributed by atoms with Crippen LogP contribution in [0.4, 0.5) is 5.69 Å². The van der Waals surface area contributed by atoms with E-state index in [1.807, 2.05) is 0 Å². The van der Waals surface area contributed by atoms with Gasteiger partial charge in [0.15, 0.2) is 5.78 Å². The van der Waals surface area contributed by atoms with Crippen molar-refractivity contribution >= 4 is 17.4 Å². The third-order valence-electron chi connectivity index (χ3n) is 2.84. The number of carbonyl (C=O) groups excluding carboxylic acids is 2. The second-order valence-corrected chi connectivity index (χ2v) is 4.27. The van der Waals surface area contributed by atoms with Crippen LogP contribution in [0, 0.1) is 17.0 Å². The van der Waals surface area contributed by atoms with Crippen LogP contribution in [0.25, 0.3) is 0 Å². The summed E-state index contributed by atoms with van der Waals surface area (Å²) in [6.45, 7) is 4.96. The van der Waals surface area contributed by atoms with Gasteiger partial charge in [0.2, 0.25) is 0 Å². The number of rotatable bonds is 5. The zero-order valence-electron chi connectivity index (χ0n) is 11.1. The molecule has 0 saturated carbocycles. The normalized spacial score (nSPS) is 11.7. The maximum atomic E-state index is 11.9. The van der Waals surface area contributed by atoms with Crippen molar-refractivity contribution in [3.63, 3.8) is 0 Å². The number of aryl methyl sites for hydroxylation is 1. The molecule has 0 aliphatic rings. The highest BCUT2D eigenvalue weighted by atomic mass is 16.6. The first kappa shape index (κ1) is 14.8. The van der Waals surface area contributed by atoms with E-state index in [2.05, 4.69) is 5.32 Å². The van der Waals surface area contributed by atoms with Crippen molar-refractivity contribution in [1.82, 2.24) is 5.32 Å². The summed E-state index contributed by atoms with van der Waals surface area (Å²) < 4.78 is 0. The molecule has 1 atom stereocenters. The predicted octanol–water partition coefficient (Wildman–Crippen LogP) is 2.00. The molecule has 1 N–H and O–H groups in total. The largest absolute Gasteiger partial charge is 0.343 e.